The first-order valence-corrected chi connectivity index (χ1v) is 13.8. The maximum absolute atomic E-state index is 12.6. The Hall–Kier alpha value is -1.39. The fraction of sp³-hybridized carbons (Fsp3) is 0.625. The van der Waals surface area contributed by atoms with Gasteiger partial charge < -0.3 is 9.41 Å². The lowest BCUT2D eigenvalue weighted by molar-refractivity contribution is 0.292. The van der Waals surface area contributed by atoms with Crippen LogP contribution in [0.5, 0.6) is 0 Å². The predicted molar refractivity (Wildman–Crippen MR) is 124 cm³/mol. The maximum Gasteiger partial charge on any atom is 0.191 e. The van der Waals surface area contributed by atoms with Crippen LogP contribution in [0, 0.1) is 0 Å². The molecule has 2 rings (SSSR count). The highest BCUT2D eigenvalue weighted by Crippen LogP contribution is 2.36. The summed E-state index contributed by atoms with van der Waals surface area (Å²) in [5.41, 5.74) is 3.31. The number of benzene rings is 1. The van der Waals surface area contributed by atoms with Crippen LogP contribution in [0.4, 0.5) is 0 Å². The van der Waals surface area contributed by atoms with Crippen LogP contribution in [0.2, 0.25) is 18.1 Å². The minimum Gasteiger partial charge on any atom is -0.416 e. The molecule has 1 heterocycles. The van der Waals surface area contributed by atoms with Gasteiger partial charge in [0.05, 0.1) is 0 Å². The van der Waals surface area contributed by atoms with Gasteiger partial charge in [0.1, 0.15) is 0 Å². The summed E-state index contributed by atoms with van der Waals surface area (Å²) in [4.78, 5) is 16.1. The van der Waals surface area contributed by atoms with E-state index >= 15 is 0 Å². The number of H-pyrrole nitrogens is 1. The van der Waals surface area contributed by atoms with Crippen molar-refractivity contribution in [2.75, 3.05) is 6.61 Å². The summed E-state index contributed by atoms with van der Waals surface area (Å²) in [6.45, 7) is 14.3. The second kappa shape index (κ2) is 9.88. The van der Waals surface area contributed by atoms with Crippen LogP contribution >= 0.6 is 0 Å². The molecule has 0 bridgehead atoms. The van der Waals surface area contributed by atoms with Gasteiger partial charge in [-0.15, -0.1) is 0 Å². The zero-order valence-electron chi connectivity index (χ0n) is 18.8. The zero-order valence-corrected chi connectivity index (χ0v) is 19.8. The number of aryl methyl sites for hydroxylation is 1. The zero-order chi connectivity index (χ0) is 20.8. The Bertz CT molecular complexity index is 817. The van der Waals surface area contributed by atoms with Gasteiger partial charge >= 0.3 is 0 Å². The summed E-state index contributed by atoms with van der Waals surface area (Å²) in [5, 5.41) is 1.01. The van der Waals surface area contributed by atoms with Crippen molar-refractivity contribution in [1.82, 2.24) is 4.98 Å². The van der Waals surface area contributed by atoms with E-state index in [2.05, 4.69) is 57.9 Å². The van der Waals surface area contributed by atoms with Gasteiger partial charge in [-0.1, -0.05) is 59.4 Å². The average Bonchev–Trinajstić information content (AvgIpc) is 2.61. The van der Waals surface area contributed by atoms with Gasteiger partial charge in [0.15, 0.2) is 13.7 Å². The third-order valence-corrected chi connectivity index (χ3v) is 10.7. The van der Waals surface area contributed by atoms with Gasteiger partial charge in [-0.05, 0) is 55.1 Å². The average molecular weight is 402 g/mol. The van der Waals surface area contributed by atoms with E-state index in [1.807, 2.05) is 6.07 Å². The van der Waals surface area contributed by atoms with Gasteiger partial charge in [0, 0.05) is 29.3 Å². The molecular formula is C24H39NO2Si. The Balaban J connectivity index is 2.00. The number of unbranched alkanes of at least 4 members (excludes halogenated alkanes) is 4. The van der Waals surface area contributed by atoms with Crippen molar-refractivity contribution in [1.29, 1.82) is 0 Å². The molecule has 0 spiro atoms. The molecule has 0 radical (unpaired) electrons. The summed E-state index contributed by atoms with van der Waals surface area (Å²) in [6.07, 6.45) is 8.03. The molecule has 0 aliphatic carbocycles. The first-order chi connectivity index (χ1) is 13.1. The molecule has 156 valence electrons. The Morgan fingerprint density at radius 1 is 1.00 bits per heavy atom. The highest BCUT2D eigenvalue weighted by Gasteiger charge is 2.36. The van der Waals surface area contributed by atoms with Crippen molar-refractivity contribution in [3.8, 4) is 0 Å². The minimum atomic E-state index is -1.72. The quantitative estimate of drug-likeness (QED) is 0.360. The molecule has 0 unspecified atom stereocenters. The summed E-state index contributed by atoms with van der Waals surface area (Å²) in [5.74, 6) is 0. The van der Waals surface area contributed by atoms with Crippen LogP contribution in [0.3, 0.4) is 0 Å². The molecule has 0 saturated heterocycles. The third kappa shape index (κ3) is 6.31. The van der Waals surface area contributed by atoms with Gasteiger partial charge in [-0.25, -0.2) is 0 Å². The normalized spacial score (nSPS) is 12.6. The first kappa shape index (κ1) is 22.9. The molecule has 0 saturated carbocycles. The van der Waals surface area contributed by atoms with E-state index in [9.17, 15) is 4.79 Å². The highest BCUT2D eigenvalue weighted by molar-refractivity contribution is 6.74. The van der Waals surface area contributed by atoms with Crippen molar-refractivity contribution in [3.63, 3.8) is 0 Å². The Morgan fingerprint density at radius 2 is 1.71 bits per heavy atom. The molecular weight excluding hydrogens is 362 g/mol. The monoisotopic (exact) mass is 401 g/mol. The van der Waals surface area contributed by atoms with Gasteiger partial charge in [0.2, 0.25) is 0 Å². The molecule has 0 amide bonds. The van der Waals surface area contributed by atoms with Crippen molar-refractivity contribution in [2.45, 2.75) is 90.8 Å². The summed E-state index contributed by atoms with van der Waals surface area (Å²) < 4.78 is 6.28. The SMILES string of the molecule is CCCCCCCc1cc(=O)c2cc(CCO[Si](C)(C)C(C)(C)C)ccc2[nH]1. The molecule has 0 aliphatic rings. The molecule has 0 aliphatic heterocycles. The minimum absolute atomic E-state index is 0.129. The van der Waals surface area contributed by atoms with E-state index in [0.717, 1.165) is 42.5 Å². The first-order valence-electron chi connectivity index (χ1n) is 10.9. The van der Waals surface area contributed by atoms with Gasteiger partial charge in [-0.3, -0.25) is 4.79 Å². The summed E-state index contributed by atoms with van der Waals surface area (Å²) in [6, 6.07) is 8.00. The van der Waals surface area contributed by atoms with Crippen LogP contribution in [-0.2, 0) is 17.3 Å². The Morgan fingerprint density at radius 3 is 2.39 bits per heavy atom. The smallest absolute Gasteiger partial charge is 0.191 e. The van der Waals surface area contributed by atoms with E-state index in [1.165, 1.54) is 31.2 Å². The largest absolute Gasteiger partial charge is 0.416 e. The second-order valence-electron chi connectivity index (χ2n) is 9.56. The lowest BCUT2D eigenvalue weighted by Gasteiger charge is -2.36. The molecule has 4 heteroatoms. The fourth-order valence-electron chi connectivity index (χ4n) is 3.20. The van der Waals surface area contributed by atoms with Crippen molar-refractivity contribution in [3.05, 3.63) is 45.7 Å². The number of rotatable bonds is 10. The highest BCUT2D eigenvalue weighted by atomic mass is 28.4. The topological polar surface area (TPSA) is 42.1 Å². The lowest BCUT2D eigenvalue weighted by atomic mass is 10.1. The Kier molecular flexibility index (Phi) is 8.08. The molecule has 1 aromatic heterocycles. The van der Waals surface area contributed by atoms with Gasteiger partial charge in [-0.2, -0.15) is 0 Å². The molecule has 28 heavy (non-hydrogen) atoms. The van der Waals surface area contributed by atoms with Crippen LogP contribution in [0.1, 0.15) is 71.1 Å². The number of aromatic amines is 1. The van der Waals surface area contributed by atoms with Crippen LogP contribution in [-0.4, -0.2) is 19.9 Å². The van der Waals surface area contributed by atoms with Crippen molar-refractivity contribution >= 4 is 19.2 Å². The molecule has 1 N–H and O–H groups in total. The summed E-state index contributed by atoms with van der Waals surface area (Å²) in [7, 11) is -1.72. The number of pyridine rings is 1. The number of hydrogen-bond donors (Lipinski definition) is 1. The molecule has 2 aromatic rings. The van der Waals surface area contributed by atoms with E-state index < -0.39 is 8.32 Å². The molecule has 3 nitrogen and oxygen atoms in total. The van der Waals surface area contributed by atoms with Crippen LogP contribution < -0.4 is 5.43 Å². The molecule has 0 atom stereocenters. The van der Waals surface area contributed by atoms with E-state index in [1.54, 1.807) is 6.07 Å². The molecule has 0 fully saturated rings. The second-order valence-corrected chi connectivity index (χ2v) is 14.4. The van der Waals surface area contributed by atoms with E-state index in [0.29, 0.717) is 0 Å². The molecule has 1 aromatic carbocycles. The van der Waals surface area contributed by atoms with Crippen LogP contribution in [0.15, 0.2) is 29.1 Å². The predicted octanol–water partition coefficient (Wildman–Crippen LogP) is 6.61. The number of hydrogen-bond acceptors (Lipinski definition) is 2. The van der Waals surface area contributed by atoms with Crippen molar-refractivity contribution in [2.24, 2.45) is 0 Å². The lowest BCUT2D eigenvalue weighted by Crippen LogP contribution is -2.41. The third-order valence-electron chi connectivity index (χ3n) is 6.16. The number of nitrogens with one attached hydrogen (secondary N) is 1. The standard InChI is InChI=1S/C24H39NO2Si/c1-7-8-9-10-11-12-20-18-23(26)21-17-19(13-14-22(21)25-20)15-16-27-28(5,6)24(2,3)4/h13-14,17-18H,7-12,15-16H2,1-6H3,(H,25,26). The van der Waals surface area contributed by atoms with Gasteiger partial charge in [0.25, 0.3) is 0 Å². The van der Waals surface area contributed by atoms with Crippen molar-refractivity contribution < 1.29 is 4.43 Å². The number of aromatic nitrogens is 1. The maximum atomic E-state index is 12.6. The fourth-order valence-corrected chi connectivity index (χ4v) is 4.24. The van der Waals surface area contributed by atoms with E-state index in [4.69, 9.17) is 4.43 Å². The Labute approximate surface area is 172 Å². The summed E-state index contributed by atoms with van der Waals surface area (Å²) >= 11 is 0. The van der Waals surface area contributed by atoms with E-state index in [-0.39, 0.29) is 10.5 Å². The number of fused-ring (bicyclic) bond motifs is 1. The van der Waals surface area contributed by atoms with Crippen LogP contribution in [0.25, 0.3) is 10.9 Å².